The standard InChI is InChI=1S/C16H17N5O3/c1-4-23-12-7-5-11(6-8-12)15-18-19-16(24-15)17-14(22)13-10(2)9-21(3)20-13/h5-9H,4H2,1-3H3,(H,17,19,22). The lowest BCUT2D eigenvalue weighted by molar-refractivity contribution is 0.101. The van der Waals surface area contributed by atoms with E-state index < -0.39 is 5.91 Å². The highest BCUT2D eigenvalue weighted by molar-refractivity contribution is 6.02. The van der Waals surface area contributed by atoms with Gasteiger partial charge in [-0.2, -0.15) is 5.10 Å². The minimum Gasteiger partial charge on any atom is -0.494 e. The maximum Gasteiger partial charge on any atom is 0.322 e. The van der Waals surface area contributed by atoms with Crippen LogP contribution in [-0.2, 0) is 7.05 Å². The molecule has 0 spiro atoms. The zero-order valence-corrected chi connectivity index (χ0v) is 13.6. The Bertz CT molecular complexity index is 851. The summed E-state index contributed by atoms with van der Waals surface area (Å²) in [5.74, 6) is 0.681. The smallest absolute Gasteiger partial charge is 0.322 e. The van der Waals surface area contributed by atoms with Crippen LogP contribution in [0.1, 0.15) is 23.0 Å². The fraction of sp³-hybridized carbons (Fsp3) is 0.250. The van der Waals surface area contributed by atoms with Gasteiger partial charge in [0.2, 0.25) is 5.89 Å². The number of rotatable bonds is 5. The van der Waals surface area contributed by atoms with Gasteiger partial charge in [-0.05, 0) is 38.1 Å². The van der Waals surface area contributed by atoms with E-state index in [1.165, 1.54) is 0 Å². The molecule has 0 aliphatic heterocycles. The molecule has 0 saturated carbocycles. The van der Waals surface area contributed by atoms with Crippen LogP contribution < -0.4 is 10.1 Å². The maximum atomic E-state index is 12.2. The molecule has 0 aliphatic rings. The average Bonchev–Trinajstić information content (AvgIpc) is 3.15. The van der Waals surface area contributed by atoms with E-state index in [2.05, 4.69) is 20.6 Å². The lowest BCUT2D eigenvalue weighted by Gasteiger charge is -2.02. The molecule has 8 heteroatoms. The maximum absolute atomic E-state index is 12.2. The fourth-order valence-electron chi connectivity index (χ4n) is 2.24. The summed E-state index contributed by atoms with van der Waals surface area (Å²) in [5.41, 5.74) is 1.82. The molecular weight excluding hydrogens is 310 g/mol. The van der Waals surface area contributed by atoms with Crippen molar-refractivity contribution in [1.82, 2.24) is 20.0 Å². The molecule has 1 N–H and O–H groups in total. The van der Waals surface area contributed by atoms with Gasteiger partial charge in [-0.3, -0.25) is 14.8 Å². The van der Waals surface area contributed by atoms with E-state index in [4.69, 9.17) is 9.15 Å². The molecule has 0 saturated heterocycles. The largest absolute Gasteiger partial charge is 0.494 e. The predicted molar refractivity (Wildman–Crippen MR) is 86.8 cm³/mol. The third-order valence-corrected chi connectivity index (χ3v) is 3.28. The van der Waals surface area contributed by atoms with Crippen LogP contribution in [0.25, 0.3) is 11.5 Å². The van der Waals surface area contributed by atoms with Gasteiger partial charge in [-0.25, -0.2) is 0 Å². The van der Waals surface area contributed by atoms with E-state index in [1.807, 2.05) is 31.2 Å². The summed E-state index contributed by atoms with van der Waals surface area (Å²) in [6, 6.07) is 7.28. The highest BCUT2D eigenvalue weighted by Gasteiger charge is 2.17. The molecule has 0 aliphatic carbocycles. The lowest BCUT2D eigenvalue weighted by atomic mass is 10.2. The molecule has 0 fully saturated rings. The average molecular weight is 327 g/mol. The van der Waals surface area contributed by atoms with Crippen molar-refractivity contribution < 1.29 is 13.9 Å². The molecule has 0 atom stereocenters. The van der Waals surface area contributed by atoms with Crippen LogP contribution in [0.15, 0.2) is 34.9 Å². The molecule has 2 heterocycles. The number of hydrogen-bond donors (Lipinski definition) is 1. The lowest BCUT2D eigenvalue weighted by Crippen LogP contribution is -2.14. The van der Waals surface area contributed by atoms with E-state index in [9.17, 15) is 4.79 Å². The Kier molecular flexibility index (Phi) is 4.28. The Hall–Kier alpha value is -3.16. The number of anilines is 1. The van der Waals surface area contributed by atoms with E-state index in [0.29, 0.717) is 18.2 Å². The Balaban J connectivity index is 1.73. The molecule has 0 bridgehead atoms. The Morgan fingerprint density at radius 2 is 2.04 bits per heavy atom. The highest BCUT2D eigenvalue weighted by atomic mass is 16.5. The number of nitrogens with zero attached hydrogens (tertiary/aromatic N) is 4. The number of ether oxygens (including phenoxy) is 1. The van der Waals surface area contributed by atoms with E-state index in [1.54, 1.807) is 24.9 Å². The number of benzene rings is 1. The number of carbonyl (C=O) groups is 1. The van der Waals surface area contributed by atoms with Crippen LogP contribution in [0.2, 0.25) is 0 Å². The zero-order chi connectivity index (χ0) is 17.1. The number of aromatic nitrogens is 4. The topological polar surface area (TPSA) is 95.1 Å². The van der Waals surface area contributed by atoms with Crippen LogP contribution in [0, 0.1) is 6.92 Å². The second-order valence-electron chi connectivity index (χ2n) is 5.16. The molecule has 2 aromatic heterocycles. The second kappa shape index (κ2) is 6.53. The van der Waals surface area contributed by atoms with Gasteiger partial charge in [-0.1, -0.05) is 5.10 Å². The third kappa shape index (κ3) is 3.27. The zero-order valence-electron chi connectivity index (χ0n) is 13.6. The number of aryl methyl sites for hydroxylation is 2. The molecule has 0 radical (unpaired) electrons. The molecule has 8 nitrogen and oxygen atoms in total. The first-order valence-electron chi connectivity index (χ1n) is 7.45. The summed E-state index contributed by atoms with van der Waals surface area (Å²) in [7, 11) is 1.75. The van der Waals surface area contributed by atoms with Gasteiger partial charge in [0.15, 0.2) is 5.69 Å². The molecule has 1 amide bonds. The summed E-state index contributed by atoms with van der Waals surface area (Å²) in [5, 5.41) is 14.4. The molecule has 3 aromatic rings. The molecule has 1 aromatic carbocycles. The van der Waals surface area contributed by atoms with Crippen molar-refractivity contribution in [2.24, 2.45) is 7.05 Å². The monoisotopic (exact) mass is 327 g/mol. The molecule has 24 heavy (non-hydrogen) atoms. The molecule has 124 valence electrons. The summed E-state index contributed by atoms with van der Waals surface area (Å²) in [4.78, 5) is 12.2. The van der Waals surface area contributed by atoms with Gasteiger partial charge in [-0.15, -0.1) is 5.10 Å². The van der Waals surface area contributed by atoms with Gasteiger partial charge in [0.05, 0.1) is 6.61 Å². The third-order valence-electron chi connectivity index (χ3n) is 3.28. The van der Waals surface area contributed by atoms with Crippen molar-refractivity contribution in [3.8, 4) is 17.2 Å². The first kappa shape index (κ1) is 15.7. The predicted octanol–water partition coefficient (Wildman–Crippen LogP) is 2.43. The Morgan fingerprint density at radius 1 is 1.29 bits per heavy atom. The summed E-state index contributed by atoms with van der Waals surface area (Å²) in [6.45, 7) is 4.33. The highest BCUT2D eigenvalue weighted by Crippen LogP contribution is 2.23. The fourth-order valence-corrected chi connectivity index (χ4v) is 2.24. The number of hydrogen-bond acceptors (Lipinski definition) is 6. The number of amides is 1. The van der Waals surface area contributed by atoms with Crippen molar-refractivity contribution >= 4 is 11.9 Å². The summed E-state index contributed by atoms with van der Waals surface area (Å²) >= 11 is 0. The van der Waals surface area contributed by atoms with E-state index in [0.717, 1.165) is 16.9 Å². The van der Waals surface area contributed by atoms with Gasteiger partial charge < -0.3 is 9.15 Å². The Morgan fingerprint density at radius 3 is 2.67 bits per heavy atom. The SMILES string of the molecule is CCOc1ccc(-c2nnc(NC(=O)c3nn(C)cc3C)o2)cc1. The quantitative estimate of drug-likeness (QED) is 0.773. The summed E-state index contributed by atoms with van der Waals surface area (Å²) in [6.07, 6.45) is 1.76. The van der Waals surface area contributed by atoms with Gasteiger partial charge in [0.1, 0.15) is 5.75 Å². The van der Waals surface area contributed by atoms with Crippen molar-refractivity contribution in [2.75, 3.05) is 11.9 Å². The van der Waals surface area contributed by atoms with Crippen molar-refractivity contribution in [3.63, 3.8) is 0 Å². The van der Waals surface area contributed by atoms with Crippen molar-refractivity contribution in [3.05, 3.63) is 41.7 Å². The first-order chi connectivity index (χ1) is 11.6. The van der Waals surface area contributed by atoms with Crippen molar-refractivity contribution in [1.29, 1.82) is 0 Å². The van der Waals surface area contributed by atoms with Crippen LogP contribution in [-0.4, -0.2) is 32.5 Å². The minimum atomic E-state index is -0.394. The number of nitrogens with one attached hydrogen (secondary N) is 1. The normalized spacial score (nSPS) is 10.6. The molecule has 3 rings (SSSR count). The van der Waals surface area contributed by atoms with Gasteiger partial charge in [0.25, 0.3) is 5.91 Å². The number of carbonyl (C=O) groups excluding carboxylic acids is 1. The first-order valence-corrected chi connectivity index (χ1v) is 7.45. The van der Waals surface area contributed by atoms with Crippen LogP contribution in [0.3, 0.4) is 0 Å². The summed E-state index contributed by atoms with van der Waals surface area (Å²) < 4.78 is 12.4. The van der Waals surface area contributed by atoms with Gasteiger partial charge in [0, 0.05) is 24.4 Å². The van der Waals surface area contributed by atoms with Crippen LogP contribution >= 0.6 is 0 Å². The van der Waals surface area contributed by atoms with Crippen molar-refractivity contribution in [2.45, 2.75) is 13.8 Å². The second-order valence-corrected chi connectivity index (χ2v) is 5.16. The van der Waals surface area contributed by atoms with Gasteiger partial charge >= 0.3 is 6.01 Å². The van der Waals surface area contributed by atoms with Crippen LogP contribution in [0.4, 0.5) is 6.01 Å². The molecule has 0 unspecified atom stereocenters. The molecular formula is C16H17N5O3. The minimum absolute atomic E-state index is 0.0222. The Labute approximate surface area is 138 Å². The van der Waals surface area contributed by atoms with E-state index in [-0.39, 0.29) is 6.01 Å². The van der Waals surface area contributed by atoms with Crippen LogP contribution in [0.5, 0.6) is 5.75 Å². The van der Waals surface area contributed by atoms with E-state index >= 15 is 0 Å².